The van der Waals surface area contributed by atoms with Gasteiger partial charge in [-0.1, -0.05) is 6.04 Å². The number of hydrogen-bond acceptors (Lipinski definition) is 2. The van der Waals surface area contributed by atoms with E-state index in [9.17, 15) is 0 Å². The lowest BCUT2D eigenvalue weighted by atomic mass is 10.5. The Hall–Kier alpha value is 0.137. The minimum Gasteiger partial charge on any atom is -0.382 e. The fraction of sp³-hybridized carbons (Fsp3) is 1.00. The van der Waals surface area contributed by atoms with Gasteiger partial charge in [0.25, 0.3) is 0 Å². The highest BCUT2D eigenvalue weighted by Gasteiger charge is 1.88. The van der Waals surface area contributed by atoms with Gasteiger partial charge in [0.15, 0.2) is 0 Å². The molecule has 61 valence electrons. The van der Waals surface area contributed by atoms with Crippen molar-refractivity contribution in [1.29, 1.82) is 0 Å². The van der Waals surface area contributed by atoms with Crippen LogP contribution in [0.5, 0.6) is 0 Å². The molecule has 0 saturated carbocycles. The van der Waals surface area contributed by atoms with Gasteiger partial charge in [-0.15, -0.1) is 0 Å². The molecular weight excluding hydrogens is 142 g/mol. The molecule has 2 N–H and O–H groups in total. The van der Waals surface area contributed by atoms with E-state index in [1.165, 1.54) is 18.5 Å². The monoisotopic (exact) mass is 160 g/mol. The van der Waals surface area contributed by atoms with Crippen LogP contribution in [0.25, 0.3) is 0 Å². The standard InChI is InChI=1S/C7H18NOSi/c1-2-9-5-7-10-6-3-4-8/h10H,2-8H2,1H3. The number of hydrogen-bond donors (Lipinski definition) is 1. The third kappa shape index (κ3) is 8.14. The van der Waals surface area contributed by atoms with Crippen LogP contribution in [0.15, 0.2) is 0 Å². The average Bonchev–Trinajstić information content (AvgIpc) is 1.97. The molecule has 0 aliphatic rings. The Morgan fingerprint density at radius 3 is 2.80 bits per heavy atom. The first-order chi connectivity index (χ1) is 4.91. The first-order valence-electron chi connectivity index (χ1n) is 4.01. The molecule has 0 unspecified atom stereocenters. The van der Waals surface area contributed by atoms with Gasteiger partial charge in [0.05, 0.1) is 0 Å². The van der Waals surface area contributed by atoms with E-state index < -0.39 is 0 Å². The van der Waals surface area contributed by atoms with Crippen molar-refractivity contribution in [2.75, 3.05) is 19.8 Å². The van der Waals surface area contributed by atoms with Crippen LogP contribution in [-0.4, -0.2) is 29.3 Å². The summed E-state index contributed by atoms with van der Waals surface area (Å²) in [5.74, 6) is 0. The minimum atomic E-state index is 0.609. The number of rotatable bonds is 7. The molecule has 0 atom stereocenters. The van der Waals surface area contributed by atoms with E-state index in [4.69, 9.17) is 10.5 Å². The van der Waals surface area contributed by atoms with Crippen LogP contribution in [0.2, 0.25) is 12.1 Å². The molecule has 0 aromatic rings. The van der Waals surface area contributed by atoms with Gasteiger partial charge < -0.3 is 10.5 Å². The molecule has 0 aliphatic heterocycles. The van der Waals surface area contributed by atoms with Crippen molar-refractivity contribution in [3.63, 3.8) is 0 Å². The summed E-state index contributed by atoms with van der Waals surface area (Å²) in [7, 11) is 0.609. The summed E-state index contributed by atoms with van der Waals surface area (Å²) in [4.78, 5) is 0. The molecule has 0 amide bonds. The van der Waals surface area contributed by atoms with Crippen LogP contribution in [-0.2, 0) is 4.74 Å². The highest BCUT2D eigenvalue weighted by Crippen LogP contribution is 1.90. The SMILES string of the molecule is CCOCC[SiH]CCCN. The van der Waals surface area contributed by atoms with Crippen LogP contribution < -0.4 is 5.73 Å². The highest BCUT2D eigenvalue weighted by molar-refractivity contribution is 6.35. The summed E-state index contributed by atoms with van der Waals surface area (Å²) in [6.45, 7) is 4.70. The molecule has 0 rings (SSSR count). The maximum atomic E-state index is 5.35. The second-order valence-corrected chi connectivity index (χ2v) is 3.94. The normalized spacial score (nSPS) is 10.2. The van der Waals surface area contributed by atoms with Gasteiger partial charge in [-0.2, -0.15) is 0 Å². The summed E-state index contributed by atoms with van der Waals surface area (Å²) in [5, 5.41) is 0. The second-order valence-electron chi connectivity index (χ2n) is 2.21. The van der Waals surface area contributed by atoms with Crippen LogP contribution >= 0.6 is 0 Å². The predicted molar refractivity (Wildman–Crippen MR) is 46.9 cm³/mol. The Balaban J connectivity index is 2.65. The predicted octanol–water partition coefficient (Wildman–Crippen LogP) is 0.645. The van der Waals surface area contributed by atoms with E-state index in [1.54, 1.807) is 0 Å². The van der Waals surface area contributed by atoms with Crippen LogP contribution in [0.1, 0.15) is 13.3 Å². The topological polar surface area (TPSA) is 35.2 Å². The van der Waals surface area contributed by atoms with Gasteiger partial charge in [-0.3, -0.25) is 0 Å². The fourth-order valence-electron chi connectivity index (χ4n) is 0.718. The first-order valence-corrected chi connectivity index (χ1v) is 5.64. The van der Waals surface area contributed by atoms with Crippen LogP contribution in [0.4, 0.5) is 0 Å². The molecular formula is C7H18NOSi. The van der Waals surface area contributed by atoms with Gasteiger partial charge >= 0.3 is 0 Å². The maximum Gasteiger partial charge on any atom is 0.0437 e. The summed E-state index contributed by atoms with van der Waals surface area (Å²) in [6, 6.07) is 2.61. The van der Waals surface area contributed by atoms with Gasteiger partial charge in [-0.05, 0) is 25.9 Å². The van der Waals surface area contributed by atoms with E-state index >= 15 is 0 Å². The van der Waals surface area contributed by atoms with Crippen molar-refractivity contribution in [3.05, 3.63) is 0 Å². The minimum absolute atomic E-state index is 0.609. The molecule has 0 aliphatic carbocycles. The largest absolute Gasteiger partial charge is 0.382 e. The van der Waals surface area contributed by atoms with Crippen molar-refractivity contribution in [1.82, 2.24) is 0 Å². The van der Waals surface area contributed by atoms with E-state index in [0.717, 1.165) is 19.8 Å². The average molecular weight is 160 g/mol. The molecule has 0 fully saturated rings. The van der Waals surface area contributed by atoms with Gasteiger partial charge in [-0.25, -0.2) is 0 Å². The van der Waals surface area contributed by atoms with Crippen molar-refractivity contribution in [3.8, 4) is 0 Å². The van der Waals surface area contributed by atoms with E-state index in [-0.39, 0.29) is 0 Å². The van der Waals surface area contributed by atoms with Gasteiger partial charge in [0.1, 0.15) is 0 Å². The summed E-state index contributed by atoms with van der Waals surface area (Å²) < 4.78 is 5.20. The highest BCUT2D eigenvalue weighted by atomic mass is 28.2. The molecule has 0 heterocycles. The third-order valence-electron chi connectivity index (χ3n) is 1.28. The zero-order valence-corrected chi connectivity index (χ0v) is 7.96. The van der Waals surface area contributed by atoms with Crippen LogP contribution in [0, 0.1) is 0 Å². The smallest absolute Gasteiger partial charge is 0.0437 e. The Bertz CT molecular complexity index is 53.6. The Morgan fingerprint density at radius 2 is 2.20 bits per heavy atom. The molecule has 2 nitrogen and oxygen atoms in total. The summed E-state index contributed by atoms with van der Waals surface area (Å²) in [6.07, 6.45) is 1.20. The van der Waals surface area contributed by atoms with Crippen molar-refractivity contribution >= 4 is 9.52 Å². The van der Waals surface area contributed by atoms with E-state index in [1.807, 2.05) is 6.92 Å². The van der Waals surface area contributed by atoms with Gasteiger partial charge in [0.2, 0.25) is 0 Å². The lowest BCUT2D eigenvalue weighted by Crippen LogP contribution is -2.02. The zero-order chi connectivity index (χ0) is 7.66. The van der Waals surface area contributed by atoms with Crippen molar-refractivity contribution < 1.29 is 4.74 Å². The second kappa shape index (κ2) is 9.14. The summed E-state index contributed by atoms with van der Waals surface area (Å²) in [5.41, 5.74) is 5.35. The zero-order valence-electron chi connectivity index (χ0n) is 6.81. The molecule has 0 aromatic carbocycles. The van der Waals surface area contributed by atoms with E-state index in [2.05, 4.69) is 0 Å². The number of nitrogens with two attached hydrogens (primary N) is 1. The third-order valence-corrected chi connectivity index (χ3v) is 2.74. The molecule has 0 saturated heterocycles. The molecule has 10 heavy (non-hydrogen) atoms. The lowest BCUT2D eigenvalue weighted by molar-refractivity contribution is 0.162. The lowest BCUT2D eigenvalue weighted by Gasteiger charge is -1.98. The van der Waals surface area contributed by atoms with E-state index in [0.29, 0.717) is 9.52 Å². The maximum absolute atomic E-state index is 5.35. The molecule has 0 bridgehead atoms. The molecule has 0 aromatic heterocycles. The molecule has 3 heteroatoms. The Morgan fingerprint density at radius 1 is 1.40 bits per heavy atom. The Kier molecular flexibility index (Phi) is 9.26. The fourth-order valence-corrected chi connectivity index (χ4v) is 1.86. The van der Waals surface area contributed by atoms with Crippen LogP contribution in [0.3, 0.4) is 0 Å². The Labute approximate surface area is 66.0 Å². The van der Waals surface area contributed by atoms with Crippen molar-refractivity contribution in [2.24, 2.45) is 5.73 Å². The quantitative estimate of drug-likeness (QED) is 0.438. The van der Waals surface area contributed by atoms with Gasteiger partial charge in [0, 0.05) is 22.7 Å². The first kappa shape index (κ1) is 10.1. The number of ether oxygens (including phenoxy) is 1. The van der Waals surface area contributed by atoms with Crippen molar-refractivity contribution in [2.45, 2.75) is 25.4 Å². The summed E-state index contributed by atoms with van der Waals surface area (Å²) >= 11 is 0. The molecule has 0 spiro atoms. The molecule has 1 radical (unpaired) electrons.